The summed E-state index contributed by atoms with van der Waals surface area (Å²) in [5, 5.41) is 17.8. The molecule has 3 N–H and O–H groups in total. The van der Waals surface area contributed by atoms with Crippen LogP contribution in [-0.4, -0.2) is 32.9 Å². The Morgan fingerprint density at radius 1 is 1.39 bits per heavy atom. The molecule has 2 amide bonds. The van der Waals surface area contributed by atoms with Crippen molar-refractivity contribution in [2.24, 2.45) is 7.05 Å². The summed E-state index contributed by atoms with van der Waals surface area (Å²) in [4.78, 5) is 22.2. The maximum Gasteiger partial charge on any atom is 0.325 e. The van der Waals surface area contributed by atoms with E-state index >= 15 is 0 Å². The fourth-order valence-electron chi connectivity index (χ4n) is 1.45. The van der Waals surface area contributed by atoms with Crippen LogP contribution in [0.4, 0.5) is 10.5 Å². The lowest BCUT2D eigenvalue weighted by atomic mass is 10.1. The van der Waals surface area contributed by atoms with Gasteiger partial charge in [0.1, 0.15) is 6.04 Å². The monoisotopic (exact) mass is 254 g/mol. The van der Waals surface area contributed by atoms with Crippen LogP contribution in [-0.2, 0) is 11.8 Å². The van der Waals surface area contributed by atoms with Crippen LogP contribution in [0, 0.1) is 0 Å². The summed E-state index contributed by atoms with van der Waals surface area (Å²) in [5.41, 5.74) is 1.35. The normalized spacial score (nSPS) is 12.3. The second kappa shape index (κ2) is 5.52. The van der Waals surface area contributed by atoms with E-state index < -0.39 is 18.0 Å². The summed E-state index contributed by atoms with van der Waals surface area (Å²) < 4.78 is 1.60. The minimum Gasteiger partial charge on any atom is -0.480 e. The zero-order valence-electron chi connectivity index (χ0n) is 10.9. The Labute approximate surface area is 105 Å². The van der Waals surface area contributed by atoms with Crippen molar-refractivity contribution in [2.45, 2.75) is 32.7 Å². The maximum absolute atomic E-state index is 11.6. The first-order chi connectivity index (χ1) is 8.31. The number of hydrogen-bond acceptors (Lipinski definition) is 3. The highest BCUT2D eigenvalue weighted by molar-refractivity contribution is 5.92. The SMILES string of the molecule is CC(C)c1nn(C)cc1NC(=O)N[C@H](C)C(=O)O. The molecule has 0 fully saturated rings. The van der Waals surface area contributed by atoms with E-state index in [2.05, 4.69) is 15.7 Å². The molecule has 0 saturated carbocycles. The fraction of sp³-hybridized carbons (Fsp3) is 0.545. The van der Waals surface area contributed by atoms with Gasteiger partial charge in [0.25, 0.3) is 0 Å². The smallest absolute Gasteiger partial charge is 0.325 e. The van der Waals surface area contributed by atoms with E-state index in [-0.39, 0.29) is 5.92 Å². The average Bonchev–Trinajstić information content (AvgIpc) is 2.58. The van der Waals surface area contributed by atoms with Crippen molar-refractivity contribution in [2.75, 3.05) is 5.32 Å². The summed E-state index contributed by atoms with van der Waals surface area (Å²) in [6.45, 7) is 5.32. The first-order valence-electron chi connectivity index (χ1n) is 5.65. The predicted molar refractivity (Wildman–Crippen MR) is 66.5 cm³/mol. The molecule has 0 spiro atoms. The van der Waals surface area contributed by atoms with E-state index in [0.29, 0.717) is 5.69 Å². The van der Waals surface area contributed by atoms with Gasteiger partial charge in [-0.25, -0.2) is 4.79 Å². The largest absolute Gasteiger partial charge is 0.480 e. The predicted octanol–water partition coefficient (Wildman–Crippen LogP) is 1.14. The Hall–Kier alpha value is -2.05. The lowest BCUT2D eigenvalue weighted by Gasteiger charge is -2.11. The van der Waals surface area contributed by atoms with Crippen LogP contribution in [0.25, 0.3) is 0 Å². The molecule has 0 saturated heterocycles. The highest BCUT2D eigenvalue weighted by Gasteiger charge is 2.17. The summed E-state index contributed by atoms with van der Waals surface area (Å²) in [7, 11) is 1.76. The van der Waals surface area contributed by atoms with Crippen LogP contribution in [0.3, 0.4) is 0 Å². The summed E-state index contributed by atoms with van der Waals surface area (Å²) in [5.74, 6) is -0.918. The number of carboxylic acids is 1. The molecule has 100 valence electrons. The maximum atomic E-state index is 11.6. The molecule has 7 nitrogen and oxygen atoms in total. The molecule has 7 heteroatoms. The quantitative estimate of drug-likeness (QED) is 0.750. The van der Waals surface area contributed by atoms with Gasteiger partial charge in [0.05, 0.1) is 11.4 Å². The molecule has 1 rings (SSSR count). The van der Waals surface area contributed by atoms with Gasteiger partial charge in [0.2, 0.25) is 0 Å². The Morgan fingerprint density at radius 3 is 2.50 bits per heavy atom. The molecule has 1 aromatic rings. The molecule has 0 unspecified atom stereocenters. The molecule has 0 aliphatic rings. The Balaban J connectivity index is 2.73. The van der Waals surface area contributed by atoms with Gasteiger partial charge in [0.15, 0.2) is 0 Å². The van der Waals surface area contributed by atoms with Gasteiger partial charge >= 0.3 is 12.0 Å². The van der Waals surface area contributed by atoms with Crippen molar-refractivity contribution >= 4 is 17.7 Å². The third-order valence-electron chi connectivity index (χ3n) is 2.37. The number of aryl methyl sites for hydroxylation is 1. The van der Waals surface area contributed by atoms with Gasteiger partial charge in [-0.2, -0.15) is 5.10 Å². The van der Waals surface area contributed by atoms with Gasteiger partial charge in [-0.3, -0.25) is 9.48 Å². The number of aliphatic carboxylic acids is 1. The number of carbonyl (C=O) groups is 2. The van der Waals surface area contributed by atoms with E-state index in [1.54, 1.807) is 17.9 Å². The summed E-state index contributed by atoms with van der Waals surface area (Å²) in [6, 6.07) is -1.50. The van der Waals surface area contributed by atoms with Gasteiger partial charge in [-0.1, -0.05) is 13.8 Å². The topological polar surface area (TPSA) is 96.3 Å². The highest BCUT2D eigenvalue weighted by Crippen LogP contribution is 2.21. The minimum absolute atomic E-state index is 0.165. The number of nitrogens with one attached hydrogen (secondary N) is 2. The first-order valence-corrected chi connectivity index (χ1v) is 5.65. The minimum atomic E-state index is -1.08. The second-order valence-electron chi connectivity index (χ2n) is 4.41. The van der Waals surface area contributed by atoms with Crippen molar-refractivity contribution in [3.63, 3.8) is 0 Å². The van der Waals surface area contributed by atoms with Crippen molar-refractivity contribution in [1.29, 1.82) is 0 Å². The van der Waals surface area contributed by atoms with Crippen molar-refractivity contribution in [1.82, 2.24) is 15.1 Å². The molecule has 0 aliphatic carbocycles. The number of urea groups is 1. The third kappa shape index (κ3) is 3.47. The first kappa shape index (κ1) is 14.0. The van der Waals surface area contributed by atoms with Crippen LogP contribution >= 0.6 is 0 Å². The summed E-state index contributed by atoms with van der Waals surface area (Å²) >= 11 is 0. The number of carbonyl (C=O) groups excluding carboxylic acids is 1. The van der Waals surface area contributed by atoms with Gasteiger partial charge in [0, 0.05) is 13.2 Å². The number of nitrogens with zero attached hydrogens (tertiary/aromatic N) is 2. The van der Waals surface area contributed by atoms with Crippen molar-refractivity contribution in [3.8, 4) is 0 Å². The van der Waals surface area contributed by atoms with Gasteiger partial charge in [-0.15, -0.1) is 0 Å². The molecule has 1 heterocycles. The lowest BCUT2D eigenvalue weighted by molar-refractivity contribution is -0.138. The zero-order valence-corrected chi connectivity index (χ0v) is 10.9. The van der Waals surface area contributed by atoms with Gasteiger partial charge in [-0.05, 0) is 12.8 Å². The second-order valence-corrected chi connectivity index (χ2v) is 4.41. The number of amides is 2. The molecular weight excluding hydrogens is 236 g/mol. The molecule has 0 radical (unpaired) electrons. The highest BCUT2D eigenvalue weighted by atomic mass is 16.4. The number of anilines is 1. The Bertz CT molecular complexity index is 453. The molecule has 18 heavy (non-hydrogen) atoms. The number of hydrogen-bond donors (Lipinski definition) is 3. The van der Waals surface area contributed by atoms with E-state index in [0.717, 1.165) is 5.69 Å². The zero-order chi connectivity index (χ0) is 13.9. The van der Waals surface area contributed by atoms with Crippen molar-refractivity contribution in [3.05, 3.63) is 11.9 Å². The Morgan fingerprint density at radius 2 is 2.00 bits per heavy atom. The number of aromatic nitrogens is 2. The number of carboxylic acid groups (broad SMARTS) is 1. The molecule has 0 aromatic carbocycles. The molecule has 1 aromatic heterocycles. The van der Waals surface area contributed by atoms with Crippen LogP contribution in [0.1, 0.15) is 32.4 Å². The lowest BCUT2D eigenvalue weighted by Crippen LogP contribution is -2.40. The Kier molecular flexibility index (Phi) is 4.30. The van der Waals surface area contributed by atoms with Gasteiger partial charge < -0.3 is 15.7 Å². The average molecular weight is 254 g/mol. The van der Waals surface area contributed by atoms with Crippen LogP contribution in [0.5, 0.6) is 0 Å². The van der Waals surface area contributed by atoms with Crippen LogP contribution in [0.2, 0.25) is 0 Å². The standard InChI is InChI=1S/C11H18N4O3/c1-6(2)9-8(5-15(4)14-9)13-11(18)12-7(3)10(16)17/h5-7H,1-4H3,(H,16,17)(H2,12,13,18)/t7-/m1/s1. The summed E-state index contributed by atoms with van der Waals surface area (Å²) in [6.07, 6.45) is 1.68. The van der Waals surface area contributed by atoms with E-state index in [1.807, 2.05) is 13.8 Å². The molecule has 1 atom stereocenters. The van der Waals surface area contributed by atoms with Crippen LogP contribution < -0.4 is 10.6 Å². The molecular formula is C11H18N4O3. The van der Waals surface area contributed by atoms with E-state index in [9.17, 15) is 9.59 Å². The fourth-order valence-corrected chi connectivity index (χ4v) is 1.45. The molecule has 0 bridgehead atoms. The van der Waals surface area contributed by atoms with E-state index in [4.69, 9.17) is 5.11 Å². The molecule has 0 aliphatic heterocycles. The van der Waals surface area contributed by atoms with Crippen molar-refractivity contribution < 1.29 is 14.7 Å². The van der Waals surface area contributed by atoms with Crippen LogP contribution in [0.15, 0.2) is 6.20 Å². The van der Waals surface area contributed by atoms with E-state index in [1.165, 1.54) is 6.92 Å². The third-order valence-corrected chi connectivity index (χ3v) is 2.37. The number of rotatable bonds is 4.